The van der Waals surface area contributed by atoms with Crippen LogP contribution in [0.15, 0.2) is 27.1 Å². The van der Waals surface area contributed by atoms with Gasteiger partial charge in [-0.15, -0.1) is 0 Å². The minimum atomic E-state index is -3.33. The maximum absolute atomic E-state index is 10.7. The predicted octanol–water partition coefficient (Wildman–Crippen LogP) is 3.05. The van der Waals surface area contributed by atoms with Gasteiger partial charge in [-0.2, -0.15) is 0 Å². The monoisotopic (exact) mass is 399 g/mol. The third-order valence-electron chi connectivity index (χ3n) is 2.24. The van der Waals surface area contributed by atoms with Crippen molar-refractivity contribution in [2.45, 2.75) is 19.3 Å². The molecule has 0 saturated heterocycles. The lowest BCUT2D eigenvalue weighted by Crippen LogP contribution is -2.16. The Labute approximate surface area is 124 Å². The van der Waals surface area contributed by atoms with E-state index in [9.17, 15) is 8.42 Å². The lowest BCUT2D eigenvalue weighted by atomic mass is 10.3. The molecule has 0 unspecified atom stereocenters. The van der Waals surface area contributed by atoms with Gasteiger partial charge in [-0.1, -0.05) is 6.07 Å². The molecule has 0 bridgehead atoms. The van der Waals surface area contributed by atoms with E-state index in [0.29, 0.717) is 13.0 Å². The summed E-state index contributed by atoms with van der Waals surface area (Å²) in [4.78, 5) is 0. The third-order valence-corrected chi connectivity index (χ3v) is 4.35. The number of ether oxygens (including phenoxy) is 1. The van der Waals surface area contributed by atoms with E-state index in [-0.39, 0.29) is 5.75 Å². The number of sulfonamides is 1. The van der Waals surface area contributed by atoms with Crippen LogP contribution in [0.4, 0.5) is 0 Å². The van der Waals surface area contributed by atoms with Crippen molar-refractivity contribution in [3.05, 3.63) is 27.1 Å². The van der Waals surface area contributed by atoms with Crippen molar-refractivity contribution in [1.82, 2.24) is 0 Å². The van der Waals surface area contributed by atoms with Crippen LogP contribution < -0.4 is 9.88 Å². The molecule has 18 heavy (non-hydrogen) atoms. The van der Waals surface area contributed by atoms with Crippen LogP contribution in [0.5, 0.6) is 5.75 Å². The molecule has 0 aromatic heterocycles. The number of primary sulfonamides is 1. The SMILES string of the molecule is NS(=O)(=O)CCCCCOc1c(Br)cccc1Br. The van der Waals surface area contributed by atoms with Crippen LogP contribution in [0.2, 0.25) is 0 Å². The fourth-order valence-corrected chi connectivity index (χ4v) is 3.21. The van der Waals surface area contributed by atoms with E-state index < -0.39 is 10.0 Å². The second-order valence-electron chi connectivity index (χ2n) is 3.83. The Morgan fingerprint density at radius 3 is 2.28 bits per heavy atom. The van der Waals surface area contributed by atoms with Gasteiger partial charge >= 0.3 is 0 Å². The van der Waals surface area contributed by atoms with Gasteiger partial charge in [0, 0.05) is 0 Å². The zero-order chi connectivity index (χ0) is 13.6. The van der Waals surface area contributed by atoms with E-state index in [4.69, 9.17) is 9.88 Å². The highest BCUT2D eigenvalue weighted by atomic mass is 79.9. The summed E-state index contributed by atoms with van der Waals surface area (Å²) in [6.07, 6.45) is 2.14. The van der Waals surface area contributed by atoms with Gasteiger partial charge in [0.15, 0.2) is 0 Å². The molecule has 0 heterocycles. The molecule has 0 saturated carbocycles. The summed E-state index contributed by atoms with van der Waals surface area (Å²) < 4.78 is 28.8. The number of para-hydroxylation sites is 1. The van der Waals surface area contributed by atoms with E-state index >= 15 is 0 Å². The van der Waals surface area contributed by atoms with Gasteiger partial charge in [-0.3, -0.25) is 0 Å². The van der Waals surface area contributed by atoms with Crippen molar-refractivity contribution in [2.75, 3.05) is 12.4 Å². The van der Waals surface area contributed by atoms with Crippen molar-refractivity contribution in [1.29, 1.82) is 0 Å². The number of halogens is 2. The first kappa shape index (κ1) is 15.9. The molecule has 1 aromatic rings. The number of unbranched alkanes of at least 4 members (excludes halogenated alkanes) is 2. The summed E-state index contributed by atoms with van der Waals surface area (Å²) in [6, 6.07) is 5.72. The van der Waals surface area contributed by atoms with Crippen LogP contribution in [0.1, 0.15) is 19.3 Å². The Kier molecular flexibility index (Phi) is 6.62. The average Bonchev–Trinajstić information content (AvgIpc) is 2.25. The summed E-state index contributed by atoms with van der Waals surface area (Å²) in [5.41, 5.74) is 0. The van der Waals surface area contributed by atoms with Crippen LogP contribution in [0.3, 0.4) is 0 Å². The highest BCUT2D eigenvalue weighted by Gasteiger charge is 2.06. The summed E-state index contributed by atoms with van der Waals surface area (Å²) in [5, 5.41) is 4.91. The Balaban J connectivity index is 2.26. The van der Waals surface area contributed by atoms with E-state index in [1.807, 2.05) is 18.2 Å². The standard InChI is InChI=1S/C11H15Br2NO3S/c12-9-5-4-6-10(13)11(9)17-7-2-1-3-8-18(14,15)16/h4-6H,1-3,7-8H2,(H2,14,15,16). The highest BCUT2D eigenvalue weighted by molar-refractivity contribution is 9.11. The Morgan fingerprint density at radius 2 is 1.72 bits per heavy atom. The summed E-state index contributed by atoms with van der Waals surface area (Å²) in [5.74, 6) is 0.801. The highest BCUT2D eigenvalue weighted by Crippen LogP contribution is 2.33. The molecule has 1 aromatic carbocycles. The molecule has 0 atom stereocenters. The molecule has 2 N–H and O–H groups in total. The molecular weight excluding hydrogens is 386 g/mol. The maximum atomic E-state index is 10.7. The number of nitrogens with two attached hydrogens (primary N) is 1. The number of hydrogen-bond acceptors (Lipinski definition) is 3. The number of hydrogen-bond donors (Lipinski definition) is 1. The second kappa shape index (κ2) is 7.47. The Bertz CT molecular complexity index is 471. The van der Waals surface area contributed by atoms with E-state index in [1.165, 1.54) is 0 Å². The second-order valence-corrected chi connectivity index (χ2v) is 7.27. The molecule has 0 spiro atoms. The normalized spacial score (nSPS) is 11.5. The van der Waals surface area contributed by atoms with Gasteiger partial charge in [0.1, 0.15) is 5.75 Å². The fraction of sp³-hybridized carbons (Fsp3) is 0.455. The molecule has 4 nitrogen and oxygen atoms in total. The summed E-state index contributed by atoms with van der Waals surface area (Å²) >= 11 is 6.81. The molecule has 102 valence electrons. The van der Waals surface area contributed by atoms with Crippen molar-refractivity contribution in [3.63, 3.8) is 0 Å². The van der Waals surface area contributed by atoms with Gasteiger partial charge in [0.05, 0.1) is 21.3 Å². The zero-order valence-corrected chi connectivity index (χ0v) is 13.7. The van der Waals surface area contributed by atoms with Gasteiger partial charge in [-0.05, 0) is 63.3 Å². The van der Waals surface area contributed by atoms with Crippen molar-refractivity contribution in [2.24, 2.45) is 5.14 Å². The fourth-order valence-electron chi connectivity index (χ4n) is 1.38. The quantitative estimate of drug-likeness (QED) is 0.715. The molecule has 0 amide bonds. The van der Waals surface area contributed by atoms with Crippen molar-refractivity contribution in [3.8, 4) is 5.75 Å². The smallest absolute Gasteiger partial charge is 0.209 e. The minimum absolute atomic E-state index is 0.0335. The topological polar surface area (TPSA) is 69.4 Å². The van der Waals surface area contributed by atoms with Crippen LogP contribution in [-0.4, -0.2) is 20.8 Å². The van der Waals surface area contributed by atoms with Crippen molar-refractivity contribution < 1.29 is 13.2 Å². The van der Waals surface area contributed by atoms with Gasteiger partial charge in [0.2, 0.25) is 10.0 Å². The molecule has 1 rings (SSSR count). The molecule has 0 aliphatic carbocycles. The number of benzene rings is 1. The molecule has 0 aliphatic rings. The van der Waals surface area contributed by atoms with E-state index in [1.54, 1.807) is 0 Å². The molecule has 0 radical (unpaired) electrons. The van der Waals surface area contributed by atoms with Crippen LogP contribution in [-0.2, 0) is 10.0 Å². The summed E-state index contributed by atoms with van der Waals surface area (Å²) in [6.45, 7) is 0.547. The van der Waals surface area contributed by atoms with Crippen LogP contribution >= 0.6 is 31.9 Å². The lowest BCUT2D eigenvalue weighted by Gasteiger charge is -2.09. The average molecular weight is 401 g/mol. The zero-order valence-electron chi connectivity index (χ0n) is 9.73. The predicted molar refractivity (Wildman–Crippen MR) is 79.2 cm³/mol. The van der Waals surface area contributed by atoms with Gasteiger partial charge in [-0.25, -0.2) is 13.6 Å². The first-order valence-corrected chi connectivity index (χ1v) is 8.77. The first-order valence-electron chi connectivity index (χ1n) is 5.47. The maximum Gasteiger partial charge on any atom is 0.209 e. The number of rotatable bonds is 7. The Hall–Kier alpha value is -0.110. The van der Waals surface area contributed by atoms with Gasteiger partial charge in [0.25, 0.3) is 0 Å². The van der Waals surface area contributed by atoms with E-state index in [2.05, 4.69) is 31.9 Å². The molecule has 0 fully saturated rings. The van der Waals surface area contributed by atoms with Crippen molar-refractivity contribution >= 4 is 41.9 Å². The molecule has 7 heteroatoms. The molecular formula is C11H15Br2NO3S. The van der Waals surface area contributed by atoms with E-state index in [0.717, 1.165) is 27.5 Å². The van der Waals surface area contributed by atoms with Crippen LogP contribution in [0, 0.1) is 0 Å². The Morgan fingerprint density at radius 1 is 1.11 bits per heavy atom. The van der Waals surface area contributed by atoms with Gasteiger partial charge < -0.3 is 4.74 Å². The third kappa shape index (κ3) is 6.17. The minimum Gasteiger partial charge on any atom is -0.491 e. The first-order chi connectivity index (χ1) is 8.40. The summed E-state index contributed by atoms with van der Waals surface area (Å²) in [7, 11) is -3.33. The van der Waals surface area contributed by atoms with Crippen LogP contribution in [0.25, 0.3) is 0 Å². The molecule has 0 aliphatic heterocycles. The largest absolute Gasteiger partial charge is 0.491 e. The lowest BCUT2D eigenvalue weighted by molar-refractivity contribution is 0.302.